The number of pyridine rings is 1. The van der Waals surface area contributed by atoms with Crippen LogP contribution < -0.4 is 11.1 Å². The Labute approximate surface area is 127 Å². The van der Waals surface area contributed by atoms with Gasteiger partial charge in [0.25, 0.3) is 0 Å². The van der Waals surface area contributed by atoms with Gasteiger partial charge in [-0.05, 0) is 42.5 Å². The zero-order valence-corrected chi connectivity index (χ0v) is 12.2. The van der Waals surface area contributed by atoms with E-state index in [9.17, 15) is 4.39 Å². The highest BCUT2D eigenvalue weighted by Gasteiger charge is 2.17. The Kier molecular flexibility index (Phi) is 2.79. The van der Waals surface area contributed by atoms with Crippen molar-refractivity contribution >= 4 is 28.4 Å². The number of benzene rings is 1. The van der Waals surface area contributed by atoms with Crippen LogP contribution in [0.2, 0.25) is 0 Å². The third-order valence-corrected chi connectivity index (χ3v) is 4.20. The van der Waals surface area contributed by atoms with Gasteiger partial charge in [0.1, 0.15) is 0 Å². The molecule has 1 aliphatic carbocycles. The quantitative estimate of drug-likeness (QED) is 0.763. The van der Waals surface area contributed by atoms with E-state index in [1.807, 2.05) is 12.1 Å². The molecular formula is C16H16FN5. The molecule has 0 aliphatic heterocycles. The molecular weight excluding hydrogens is 281 g/mol. The minimum atomic E-state index is -0.428. The summed E-state index contributed by atoms with van der Waals surface area (Å²) in [5.74, 6) is 0.0645. The fourth-order valence-electron chi connectivity index (χ4n) is 3.13. The largest absolute Gasteiger partial charge is 0.382 e. The molecule has 112 valence electrons. The van der Waals surface area contributed by atoms with E-state index < -0.39 is 5.82 Å². The lowest BCUT2D eigenvalue weighted by Crippen LogP contribution is -2.02. The molecule has 5 nitrogen and oxygen atoms in total. The number of anilines is 3. The molecule has 3 N–H and O–H groups in total. The van der Waals surface area contributed by atoms with Gasteiger partial charge in [0.15, 0.2) is 23.1 Å². The van der Waals surface area contributed by atoms with Gasteiger partial charge in [-0.1, -0.05) is 12.1 Å². The molecule has 2 heterocycles. The minimum Gasteiger partial charge on any atom is -0.382 e. The van der Waals surface area contributed by atoms with Crippen LogP contribution in [0.1, 0.15) is 17.5 Å². The molecule has 2 aromatic heterocycles. The summed E-state index contributed by atoms with van der Waals surface area (Å²) in [4.78, 5) is 4.35. The summed E-state index contributed by atoms with van der Waals surface area (Å²) < 4.78 is 15.9. The van der Waals surface area contributed by atoms with Gasteiger partial charge in [-0.15, -0.1) is 0 Å². The van der Waals surface area contributed by atoms with Crippen LogP contribution in [0, 0.1) is 5.82 Å². The zero-order valence-electron chi connectivity index (χ0n) is 12.2. The van der Waals surface area contributed by atoms with Gasteiger partial charge < -0.3 is 11.1 Å². The average molecular weight is 297 g/mol. The van der Waals surface area contributed by atoms with Crippen molar-refractivity contribution in [3.05, 3.63) is 41.2 Å². The molecule has 1 aliphatic rings. The second-order valence-electron chi connectivity index (χ2n) is 5.62. The predicted octanol–water partition coefficient (Wildman–Crippen LogP) is 2.92. The molecule has 6 heteroatoms. The summed E-state index contributed by atoms with van der Waals surface area (Å²) in [7, 11) is 1.74. The van der Waals surface area contributed by atoms with E-state index in [1.165, 1.54) is 17.2 Å². The predicted molar refractivity (Wildman–Crippen MR) is 84.6 cm³/mol. The van der Waals surface area contributed by atoms with Crippen molar-refractivity contribution in [3.8, 4) is 0 Å². The van der Waals surface area contributed by atoms with Crippen LogP contribution in [0.4, 0.5) is 21.7 Å². The molecule has 0 unspecified atom stereocenters. The lowest BCUT2D eigenvalue weighted by molar-refractivity contribution is 0.628. The van der Waals surface area contributed by atoms with Crippen molar-refractivity contribution in [2.75, 3.05) is 11.1 Å². The first-order valence-electron chi connectivity index (χ1n) is 7.30. The standard InChI is InChI=1S/C16H16FN5/c1-22-16-11(14(18)21-22)8-12(17)15(20-16)19-13-7-3-5-9-4-2-6-10(9)13/h3,5,7-8H,2,4,6H2,1H3,(H2,18,21)(H,19,20). The molecule has 0 atom stereocenters. The number of nitrogens with one attached hydrogen (secondary N) is 1. The lowest BCUT2D eigenvalue weighted by atomic mass is 10.1. The minimum absolute atomic E-state index is 0.204. The Hall–Kier alpha value is -2.63. The first-order chi connectivity index (χ1) is 10.6. The zero-order chi connectivity index (χ0) is 15.3. The van der Waals surface area contributed by atoms with Gasteiger partial charge in [0.05, 0.1) is 5.39 Å². The molecule has 0 saturated carbocycles. The maximum atomic E-state index is 14.3. The fourth-order valence-corrected chi connectivity index (χ4v) is 3.13. The fraction of sp³-hybridized carbons (Fsp3) is 0.250. The number of nitrogens with zero attached hydrogens (tertiary/aromatic N) is 3. The van der Waals surface area contributed by atoms with E-state index in [4.69, 9.17) is 5.73 Å². The van der Waals surface area contributed by atoms with E-state index >= 15 is 0 Å². The Morgan fingerprint density at radius 1 is 1.32 bits per heavy atom. The average Bonchev–Trinajstić information content (AvgIpc) is 3.07. The van der Waals surface area contributed by atoms with Gasteiger partial charge in [-0.25, -0.2) is 14.1 Å². The summed E-state index contributed by atoms with van der Waals surface area (Å²) in [5, 5.41) is 7.74. The van der Waals surface area contributed by atoms with Gasteiger partial charge in [0.2, 0.25) is 0 Å². The molecule has 0 spiro atoms. The van der Waals surface area contributed by atoms with E-state index in [2.05, 4.69) is 21.5 Å². The number of hydrogen-bond acceptors (Lipinski definition) is 4. The number of aromatic nitrogens is 3. The van der Waals surface area contributed by atoms with Gasteiger partial charge in [0, 0.05) is 12.7 Å². The van der Waals surface area contributed by atoms with Crippen LogP contribution in [-0.2, 0) is 19.9 Å². The number of rotatable bonds is 2. The van der Waals surface area contributed by atoms with Gasteiger partial charge in [-0.3, -0.25) is 0 Å². The molecule has 0 saturated heterocycles. The summed E-state index contributed by atoms with van der Waals surface area (Å²) in [6, 6.07) is 7.47. The number of halogens is 1. The van der Waals surface area contributed by atoms with E-state index in [0.717, 1.165) is 24.9 Å². The molecule has 0 fully saturated rings. The van der Waals surface area contributed by atoms with Crippen molar-refractivity contribution < 1.29 is 4.39 Å². The molecule has 22 heavy (non-hydrogen) atoms. The summed E-state index contributed by atoms with van der Waals surface area (Å²) in [6.07, 6.45) is 3.24. The number of fused-ring (bicyclic) bond motifs is 2. The smallest absolute Gasteiger partial charge is 0.169 e. The van der Waals surface area contributed by atoms with Crippen molar-refractivity contribution in [1.29, 1.82) is 0 Å². The van der Waals surface area contributed by atoms with Crippen molar-refractivity contribution in [1.82, 2.24) is 14.8 Å². The van der Waals surface area contributed by atoms with Crippen LogP contribution in [0.3, 0.4) is 0 Å². The summed E-state index contributed by atoms with van der Waals surface area (Å²) in [5.41, 5.74) is 9.84. The third kappa shape index (κ3) is 1.91. The van der Waals surface area contributed by atoms with E-state index in [1.54, 1.807) is 11.7 Å². The summed E-state index contributed by atoms with van der Waals surface area (Å²) in [6.45, 7) is 0. The molecule has 0 bridgehead atoms. The maximum Gasteiger partial charge on any atom is 0.169 e. The number of nitrogens with two attached hydrogens (primary N) is 1. The topological polar surface area (TPSA) is 68.8 Å². The first-order valence-corrected chi connectivity index (χ1v) is 7.30. The monoisotopic (exact) mass is 297 g/mol. The van der Waals surface area contributed by atoms with Crippen LogP contribution >= 0.6 is 0 Å². The second-order valence-corrected chi connectivity index (χ2v) is 5.62. The highest BCUT2D eigenvalue weighted by atomic mass is 19.1. The van der Waals surface area contributed by atoms with Gasteiger partial charge in [-0.2, -0.15) is 5.10 Å². The Balaban J connectivity index is 1.80. The normalized spacial score (nSPS) is 13.5. The molecule has 0 radical (unpaired) electrons. The number of nitrogen functional groups attached to an aromatic ring is 1. The van der Waals surface area contributed by atoms with Crippen LogP contribution in [-0.4, -0.2) is 14.8 Å². The van der Waals surface area contributed by atoms with Gasteiger partial charge >= 0.3 is 0 Å². The van der Waals surface area contributed by atoms with E-state index in [-0.39, 0.29) is 11.6 Å². The van der Waals surface area contributed by atoms with Crippen LogP contribution in [0.5, 0.6) is 0 Å². The highest BCUT2D eigenvalue weighted by molar-refractivity contribution is 5.88. The number of hydrogen-bond donors (Lipinski definition) is 2. The summed E-state index contributed by atoms with van der Waals surface area (Å²) >= 11 is 0. The molecule has 0 amide bonds. The maximum absolute atomic E-state index is 14.3. The Morgan fingerprint density at radius 2 is 2.18 bits per heavy atom. The van der Waals surface area contributed by atoms with E-state index in [0.29, 0.717) is 11.0 Å². The lowest BCUT2D eigenvalue weighted by Gasteiger charge is -2.11. The molecule has 4 rings (SSSR count). The van der Waals surface area contributed by atoms with Crippen molar-refractivity contribution in [2.45, 2.75) is 19.3 Å². The van der Waals surface area contributed by atoms with Crippen molar-refractivity contribution in [2.24, 2.45) is 7.05 Å². The Morgan fingerprint density at radius 3 is 3.05 bits per heavy atom. The van der Waals surface area contributed by atoms with Crippen LogP contribution in [0.15, 0.2) is 24.3 Å². The molecule has 3 aromatic rings. The SMILES string of the molecule is Cn1nc(N)c2cc(F)c(Nc3cccc4c3CCC4)nc21. The Bertz CT molecular complexity index is 884. The van der Waals surface area contributed by atoms with Crippen molar-refractivity contribution in [3.63, 3.8) is 0 Å². The highest BCUT2D eigenvalue weighted by Crippen LogP contribution is 2.32. The first kappa shape index (κ1) is 13.1. The second kappa shape index (κ2) is 4.69. The van der Waals surface area contributed by atoms with Crippen LogP contribution in [0.25, 0.3) is 11.0 Å². The molecule has 1 aromatic carbocycles. The number of aryl methyl sites for hydroxylation is 2. The third-order valence-electron chi connectivity index (χ3n) is 4.20.